The van der Waals surface area contributed by atoms with Crippen molar-refractivity contribution in [1.29, 1.82) is 0 Å². The molecule has 0 aromatic heterocycles. The maximum atomic E-state index is 13.3. The van der Waals surface area contributed by atoms with Crippen LogP contribution in [0.2, 0.25) is 0 Å². The highest BCUT2D eigenvalue weighted by atomic mass is 19.1. The molecule has 0 fully saturated rings. The third-order valence-corrected chi connectivity index (χ3v) is 2.46. The summed E-state index contributed by atoms with van der Waals surface area (Å²) in [4.78, 5) is 4.11. The quantitative estimate of drug-likeness (QED) is 0.652. The van der Waals surface area contributed by atoms with Crippen LogP contribution in [-0.2, 0) is 6.42 Å². The SMILES string of the molecule is CC(C)C1=Nc2c(F)ccc(F)c2C1. The van der Waals surface area contributed by atoms with Crippen LogP contribution in [0, 0.1) is 17.6 Å². The summed E-state index contributed by atoms with van der Waals surface area (Å²) in [5.74, 6) is -0.556. The van der Waals surface area contributed by atoms with Crippen LogP contribution in [-0.4, -0.2) is 5.71 Å². The first-order valence-electron chi connectivity index (χ1n) is 4.64. The summed E-state index contributed by atoms with van der Waals surface area (Å²) in [6.45, 7) is 3.95. The molecule has 0 aliphatic carbocycles. The van der Waals surface area contributed by atoms with Gasteiger partial charge in [-0.15, -0.1) is 0 Å². The van der Waals surface area contributed by atoms with Crippen molar-refractivity contribution in [2.75, 3.05) is 0 Å². The molecule has 2 rings (SSSR count). The van der Waals surface area contributed by atoms with Gasteiger partial charge in [-0.1, -0.05) is 13.8 Å². The molecule has 1 aromatic carbocycles. The lowest BCUT2D eigenvalue weighted by atomic mass is 10.0. The summed E-state index contributed by atoms with van der Waals surface area (Å²) in [6, 6.07) is 2.29. The van der Waals surface area contributed by atoms with E-state index in [2.05, 4.69) is 4.99 Å². The van der Waals surface area contributed by atoms with Crippen LogP contribution in [0.4, 0.5) is 14.5 Å². The van der Waals surface area contributed by atoms with E-state index in [0.717, 1.165) is 17.8 Å². The largest absolute Gasteiger partial charge is 0.254 e. The smallest absolute Gasteiger partial charge is 0.149 e. The Bertz CT molecular complexity index is 408. The lowest BCUT2D eigenvalue weighted by Crippen LogP contribution is -2.07. The average Bonchev–Trinajstić information content (AvgIpc) is 2.57. The third kappa shape index (κ3) is 1.33. The number of halogens is 2. The molecule has 1 aliphatic rings. The fraction of sp³-hybridized carbons (Fsp3) is 0.364. The Morgan fingerprint density at radius 3 is 2.43 bits per heavy atom. The lowest BCUT2D eigenvalue weighted by Gasteiger charge is -2.02. The predicted octanol–water partition coefficient (Wildman–Crippen LogP) is 3.25. The molecule has 1 aromatic rings. The molecule has 0 saturated heterocycles. The van der Waals surface area contributed by atoms with E-state index in [0.29, 0.717) is 12.0 Å². The molecule has 0 bridgehead atoms. The van der Waals surface area contributed by atoms with Crippen molar-refractivity contribution < 1.29 is 8.78 Å². The monoisotopic (exact) mass is 195 g/mol. The number of hydrogen-bond donors (Lipinski definition) is 0. The fourth-order valence-corrected chi connectivity index (χ4v) is 1.57. The van der Waals surface area contributed by atoms with Crippen LogP contribution in [0.25, 0.3) is 0 Å². The van der Waals surface area contributed by atoms with E-state index < -0.39 is 5.82 Å². The molecule has 1 aliphatic heterocycles. The second kappa shape index (κ2) is 3.15. The summed E-state index contributed by atoms with van der Waals surface area (Å²) < 4.78 is 26.5. The van der Waals surface area contributed by atoms with E-state index in [4.69, 9.17) is 0 Å². The number of benzene rings is 1. The summed E-state index contributed by atoms with van der Waals surface area (Å²) >= 11 is 0. The minimum absolute atomic E-state index is 0.189. The molecule has 1 heterocycles. The van der Waals surface area contributed by atoms with Gasteiger partial charge in [-0.05, 0) is 18.1 Å². The molecule has 1 nitrogen and oxygen atoms in total. The molecular weight excluding hydrogens is 184 g/mol. The molecule has 0 amide bonds. The minimum atomic E-state index is -0.433. The number of fused-ring (bicyclic) bond motifs is 1. The molecule has 0 unspecified atom stereocenters. The Morgan fingerprint density at radius 1 is 1.21 bits per heavy atom. The van der Waals surface area contributed by atoms with Crippen molar-refractivity contribution in [2.45, 2.75) is 20.3 Å². The highest BCUT2D eigenvalue weighted by molar-refractivity contribution is 5.95. The van der Waals surface area contributed by atoms with Crippen LogP contribution in [0.15, 0.2) is 17.1 Å². The summed E-state index contributed by atoms with van der Waals surface area (Å²) in [6.07, 6.45) is 0.441. The Morgan fingerprint density at radius 2 is 1.86 bits per heavy atom. The van der Waals surface area contributed by atoms with Gasteiger partial charge in [0.05, 0.1) is 0 Å². The van der Waals surface area contributed by atoms with Gasteiger partial charge in [-0.3, -0.25) is 4.99 Å². The van der Waals surface area contributed by atoms with Crippen LogP contribution < -0.4 is 0 Å². The maximum Gasteiger partial charge on any atom is 0.149 e. The van der Waals surface area contributed by atoms with Gasteiger partial charge in [0.15, 0.2) is 0 Å². The van der Waals surface area contributed by atoms with E-state index in [1.54, 1.807) is 0 Å². The van der Waals surface area contributed by atoms with E-state index >= 15 is 0 Å². The average molecular weight is 195 g/mol. The molecule has 0 N–H and O–H groups in total. The highest BCUT2D eigenvalue weighted by Crippen LogP contribution is 2.33. The van der Waals surface area contributed by atoms with E-state index in [1.807, 2.05) is 13.8 Å². The topological polar surface area (TPSA) is 12.4 Å². The Hall–Kier alpha value is -1.25. The van der Waals surface area contributed by atoms with Gasteiger partial charge >= 0.3 is 0 Å². The van der Waals surface area contributed by atoms with Crippen molar-refractivity contribution in [1.82, 2.24) is 0 Å². The second-order valence-electron chi connectivity index (χ2n) is 3.79. The molecular formula is C11H11F2N. The molecule has 14 heavy (non-hydrogen) atoms. The van der Waals surface area contributed by atoms with Crippen molar-refractivity contribution in [3.8, 4) is 0 Å². The second-order valence-corrected chi connectivity index (χ2v) is 3.79. The first-order valence-corrected chi connectivity index (χ1v) is 4.64. The van der Waals surface area contributed by atoms with Gasteiger partial charge in [-0.2, -0.15) is 0 Å². The molecule has 3 heteroatoms. The van der Waals surface area contributed by atoms with Crippen LogP contribution in [0.5, 0.6) is 0 Å². The standard InChI is InChI=1S/C11H11F2N/c1-6(2)10-5-7-8(12)3-4-9(13)11(7)14-10/h3-4,6H,5H2,1-2H3. The Labute approximate surface area is 81.5 Å². The number of nitrogens with zero attached hydrogens (tertiary/aromatic N) is 1. The van der Waals surface area contributed by atoms with E-state index in [9.17, 15) is 8.78 Å². The van der Waals surface area contributed by atoms with Gasteiger partial charge in [0.25, 0.3) is 0 Å². The van der Waals surface area contributed by atoms with E-state index in [-0.39, 0.29) is 17.4 Å². The normalized spacial score (nSPS) is 14.5. The first-order chi connectivity index (χ1) is 6.59. The summed E-state index contributed by atoms with van der Waals surface area (Å²) in [5, 5.41) is 0. The lowest BCUT2D eigenvalue weighted by molar-refractivity contribution is 0.595. The van der Waals surface area contributed by atoms with Crippen molar-refractivity contribution in [2.24, 2.45) is 10.9 Å². The van der Waals surface area contributed by atoms with Gasteiger partial charge in [0, 0.05) is 17.7 Å². The molecule has 0 spiro atoms. The first kappa shape index (κ1) is 9.31. The third-order valence-electron chi connectivity index (χ3n) is 2.46. The predicted molar refractivity (Wildman–Crippen MR) is 52.0 cm³/mol. The molecule has 0 atom stereocenters. The summed E-state index contributed by atoms with van der Waals surface area (Å²) in [7, 11) is 0. The zero-order valence-corrected chi connectivity index (χ0v) is 8.14. The number of hydrogen-bond acceptors (Lipinski definition) is 1. The van der Waals surface area contributed by atoms with Crippen LogP contribution >= 0.6 is 0 Å². The zero-order valence-electron chi connectivity index (χ0n) is 8.14. The van der Waals surface area contributed by atoms with E-state index in [1.165, 1.54) is 0 Å². The highest BCUT2D eigenvalue weighted by Gasteiger charge is 2.22. The van der Waals surface area contributed by atoms with Gasteiger partial charge in [0.2, 0.25) is 0 Å². The van der Waals surface area contributed by atoms with Crippen molar-refractivity contribution >= 4 is 11.4 Å². The van der Waals surface area contributed by atoms with Gasteiger partial charge < -0.3 is 0 Å². The zero-order chi connectivity index (χ0) is 10.3. The Balaban J connectivity index is 2.50. The molecule has 0 radical (unpaired) electrons. The number of aliphatic imine (C=N–C) groups is 1. The van der Waals surface area contributed by atoms with Gasteiger partial charge in [0.1, 0.15) is 17.3 Å². The maximum absolute atomic E-state index is 13.3. The van der Waals surface area contributed by atoms with Crippen LogP contribution in [0.3, 0.4) is 0 Å². The number of rotatable bonds is 1. The van der Waals surface area contributed by atoms with Crippen molar-refractivity contribution in [3.05, 3.63) is 29.3 Å². The Kier molecular flexibility index (Phi) is 2.10. The fourth-order valence-electron chi connectivity index (χ4n) is 1.57. The minimum Gasteiger partial charge on any atom is -0.254 e. The molecule has 74 valence electrons. The summed E-state index contributed by atoms with van der Waals surface area (Å²) in [5.41, 5.74) is 1.44. The molecule has 0 saturated carbocycles. The van der Waals surface area contributed by atoms with Crippen molar-refractivity contribution in [3.63, 3.8) is 0 Å². The van der Waals surface area contributed by atoms with Gasteiger partial charge in [-0.25, -0.2) is 8.78 Å². The van der Waals surface area contributed by atoms with Crippen LogP contribution in [0.1, 0.15) is 19.4 Å².